The molecular formula is C18H20ClNO3. The van der Waals surface area contributed by atoms with Crippen LogP contribution in [0.25, 0.3) is 0 Å². The van der Waals surface area contributed by atoms with E-state index in [1.807, 2.05) is 30.3 Å². The summed E-state index contributed by atoms with van der Waals surface area (Å²) in [5.74, 6) is -0.421. The number of hydrogen-bond donors (Lipinski definition) is 4. The maximum Gasteiger partial charge on any atom is 0.176 e. The molecular weight excluding hydrogens is 314 g/mol. The molecule has 1 aliphatic rings. The average molecular weight is 334 g/mol. The molecule has 0 fully saturated rings. The molecule has 2 atom stereocenters. The zero-order valence-electron chi connectivity index (χ0n) is 12.7. The summed E-state index contributed by atoms with van der Waals surface area (Å²) in [6.45, 7) is 0.464. The van der Waals surface area contributed by atoms with Gasteiger partial charge in [-0.15, -0.1) is 0 Å². The highest BCUT2D eigenvalue weighted by molar-refractivity contribution is 6.33. The van der Waals surface area contributed by atoms with Gasteiger partial charge in [-0.05, 0) is 42.0 Å². The number of halogens is 1. The Morgan fingerprint density at radius 3 is 2.70 bits per heavy atom. The largest absolute Gasteiger partial charge is 0.504 e. The highest BCUT2D eigenvalue weighted by Gasteiger charge is 2.24. The number of hydrogen-bond acceptors (Lipinski definition) is 4. The molecule has 0 spiro atoms. The molecule has 2 aromatic rings. The summed E-state index contributed by atoms with van der Waals surface area (Å²) in [4.78, 5) is 0. The maximum absolute atomic E-state index is 10.2. The molecule has 1 aliphatic carbocycles. The van der Waals surface area contributed by atoms with Gasteiger partial charge in [0.05, 0.1) is 11.1 Å². The molecule has 0 amide bonds. The van der Waals surface area contributed by atoms with Crippen molar-refractivity contribution in [2.24, 2.45) is 0 Å². The third kappa shape index (κ3) is 3.44. The number of rotatable bonds is 4. The van der Waals surface area contributed by atoms with E-state index in [0.29, 0.717) is 13.0 Å². The smallest absolute Gasteiger partial charge is 0.176 e. The Kier molecular flexibility index (Phi) is 4.76. The Bertz CT molecular complexity index is 690. The second kappa shape index (κ2) is 6.79. The van der Waals surface area contributed by atoms with E-state index in [2.05, 4.69) is 5.32 Å². The van der Waals surface area contributed by atoms with Crippen molar-refractivity contribution < 1.29 is 15.3 Å². The quantitative estimate of drug-likeness (QED) is 0.649. The summed E-state index contributed by atoms with van der Waals surface area (Å²) in [5.41, 5.74) is 2.74. The molecule has 0 aromatic heterocycles. The molecule has 4 N–H and O–H groups in total. The summed E-state index contributed by atoms with van der Waals surface area (Å²) >= 11 is 6.15. The molecule has 2 unspecified atom stereocenters. The lowest BCUT2D eigenvalue weighted by atomic mass is 9.87. The molecule has 0 radical (unpaired) electrons. The van der Waals surface area contributed by atoms with E-state index in [0.717, 1.165) is 29.5 Å². The summed E-state index contributed by atoms with van der Waals surface area (Å²) in [5, 5.41) is 33.2. The number of aryl methyl sites for hydroxylation is 1. The normalized spacial score (nSPS) is 18.4. The summed E-state index contributed by atoms with van der Waals surface area (Å²) < 4.78 is 0. The number of aromatic hydroxyl groups is 2. The van der Waals surface area contributed by atoms with Gasteiger partial charge in [-0.3, -0.25) is 0 Å². The van der Waals surface area contributed by atoms with E-state index in [4.69, 9.17) is 11.6 Å². The molecule has 0 saturated carbocycles. The van der Waals surface area contributed by atoms with Crippen LogP contribution in [0.3, 0.4) is 0 Å². The van der Waals surface area contributed by atoms with Gasteiger partial charge >= 0.3 is 0 Å². The SMILES string of the molecule is Oc1cc2c(c(Cl)c1O)CC(NCC(O)c1ccccc1)CC2. The molecule has 122 valence electrons. The van der Waals surface area contributed by atoms with Crippen LogP contribution in [0.2, 0.25) is 5.02 Å². The lowest BCUT2D eigenvalue weighted by molar-refractivity contribution is 0.168. The molecule has 2 aromatic carbocycles. The summed E-state index contributed by atoms with van der Waals surface area (Å²) in [7, 11) is 0. The molecule has 23 heavy (non-hydrogen) atoms. The van der Waals surface area contributed by atoms with Crippen molar-refractivity contribution in [3.05, 3.63) is 58.1 Å². The standard InChI is InChI=1S/C18H20ClNO3/c19-17-14-9-13(7-6-12(14)8-15(21)18(17)23)20-10-16(22)11-4-2-1-3-5-11/h1-5,8,13,16,20-23H,6-7,9-10H2. The van der Waals surface area contributed by atoms with Gasteiger partial charge in [-0.25, -0.2) is 0 Å². The molecule has 4 nitrogen and oxygen atoms in total. The van der Waals surface area contributed by atoms with Crippen LogP contribution in [-0.4, -0.2) is 27.9 Å². The zero-order valence-corrected chi connectivity index (χ0v) is 13.4. The minimum Gasteiger partial charge on any atom is -0.504 e. The zero-order chi connectivity index (χ0) is 16.4. The third-order valence-corrected chi connectivity index (χ3v) is 4.82. The van der Waals surface area contributed by atoms with Gasteiger partial charge in [0.15, 0.2) is 11.5 Å². The highest BCUT2D eigenvalue weighted by Crippen LogP contribution is 2.40. The number of aliphatic hydroxyl groups excluding tert-OH is 1. The van der Waals surface area contributed by atoms with E-state index in [9.17, 15) is 15.3 Å². The van der Waals surface area contributed by atoms with Crippen LogP contribution in [0.1, 0.15) is 29.2 Å². The van der Waals surface area contributed by atoms with Crippen LogP contribution in [0.5, 0.6) is 11.5 Å². The Morgan fingerprint density at radius 1 is 1.22 bits per heavy atom. The van der Waals surface area contributed by atoms with E-state index < -0.39 is 6.10 Å². The second-order valence-corrected chi connectivity index (χ2v) is 6.35. The second-order valence-electron chi connectivity index (χ2n) is 5.97. The highest BCUT2D eigenvalue weighted by atomic mass is 35.5. The van der Waals surface area contributed by atoms with Crippen molar-refractivity contribution in [1.82, 2.24) is 5.32 Å². The van der Waals surface area contributed by atoms with E-state index in [-0.39, 0.29) is 22.6 Å². The van der Waals surface area contributed by atoms with Crippen molar-refractivity contribution in [2.75, 3.05) is 6.54 Å². The lowest BCUT2D eigenvalue weighted by Gasteiger charge is -2.28. The van der Waals surface area contributed by atoms with Crippen molar-refractivity contribution in [1.29, 1.82) is 0 Å². The average Bonchev–Trinajstić information content (AvgIpc) is 2.59. The third-order valence-electron chi connectivity index (χ3n) is 4.41. The van der Waals surface area contributed by atoms with Crippen molar-refractivity contribution >= 4 is 11.6 Å². The predicted molar refractivity (Wildman–Crippen MR) is 90.0 cm³/mol. The molecule has 0 aliphatic heterocycles. The first-order valence-corrected chi connectivity index (χ1v) is 8.12. The van der Waals surface area contributed by atoms with Gasteiger partial charge < -0.3 is 20.6 Å². The van der Waals surface area contributed by atoms with Gasteiger partial charge in [-0.1, -0.05) is 41.9 Å². The number of phenolic OH excluding ortho intramolecular Hbond substituents is 2. The minimum atomic E-state index is -0.554. The van der Waals surface area contributed by atoms with Crippen LogP contribution in [0, 0.1) is 0 Å². The van der Waals surface area contributed by atoms with Crippen molar-refractivity contribution in [3.8, 4) is 11.5 Å². The predicted octanol–water partition coefficient (Wildman–Crippen LogP) is 2.93. The Balaban J connectivity index is 1.65. The van der Waals surface area contributed by atoms with Crippen LogP contribution in [-0.2, 0) is 12.8 Å². The van der Waals surface area contributed by atoms with E-state index >= 15 is 0 Å². The number of nitrogens with one attached hydrogen (secondary N) is 1. The van der Waals surface area contributed by atoms with Gasteiger partial charge in [-0.2, -0.15) is 0 Å². The van der Waals surface area contributed by atoms with Crippen molar-refractivity contribution in [2.45, 2.75) is 31.4 Å². The van der Waals surface area contributed by atoms with Gasteiger partial charge in [0.2, 0.25) is 0 Å². The van der Waals surface area contributed by atoms with Gasteiger partial charge in [0.1, 0.15) is 0 Å². The monoisotopic (exact) mass is 333 g/mol. The fourth-order valence-electron chi connectivity index (χ4n) is 3.08. The first-order valence-electron chi connectivity index (χ1n) is 7.75. The topological polar surface area (TPSA) is 72.7 Å². The van der Waals surface area contributed by atoms with E-state index in [1.165, 1.54) is 0 Å². The fourth-order valence-corrected chi connectivity index (χ4v) is 3.38. The van der Waals surface area contributed by atoms with Crippen molar-refractivity contribution in [3.63, 3.8) is 0 Å². The van der Waals surface area contributed by atoms with E-state index in [1.54, 1.807) is 6.07 Å². The number of benzene rings is 2. The van der Waals surface area contributed by atoms with Crippen LogP contribution < -0.4 is 5.32 Å². The number of fused-ring (bicyclic) bond motifs is 1. The van der Waals surface area contributed by atoms with Gasteiger partial charge in [0, 0.05) is 12.6 Å². The first kappa shape index (κ1) is 16.1. The lowest BCUT2D eigenvalue weighted by Crippen LogP contribution is -2.37. The fraction of sp³-hybridized carbons (Fsp3) is 0.333. The maximum atomic E-state index is 10.2. The molecule has 3 rings (SSSR count). The van der Waals surface area contributed by atoms with Crippen LogP contribution >= 0.6 is 11.6 Å². The van der Waals surface area contributed by atoms with Crippen LogP contribution in [0.4, 0.5) is 0 Å². The number of aliphatic hydroxyl groups is 1. The summed E-state index contributed by atoms with van der Waals surface area (Å²) in [6, 6.07) is 11.3. The minimum absolute atomic E-state index is 0.167. The number of phenols is 2. The molecule has 0 saturated heterocycles. The first-order chi connectivity index (χ1) is 11.1. The van der Waals surface area contributed by atoms with Gasteiger partial charge in [0.25, 0.3) is 0 Å². The Morgan fingerprint density at radius 2 is 1.96 bits per heavy atom. The Hall–Kier alpha value is -1.75. The summed E-state index contributed by atoms with van der Waals surface area (Å²) in [6.07, 6.45) is 1.79. The van der Waals surface area contributed by atoms with Crippen LogP contribution in [0.15, 0.2) is 36.4 Å². The molecule has 0 heterocycles. The molecule has 5 heteroatoms. The molecule has 0 bridgehead atoms. The Labute approximate surface area is 140 Å².